The van der Waals surface area contributed by atoms with E-state index in [1.54, 1.807) is 18.6 Å². The van der Waals surface area contributed by atoms with Gasteiger partial charge in [0, 0.05) is 35.2 Å². The normalized spacial score (nSPS) is 10.9. The van der Waals surface area contributed by atoms with Gasteiger partial charge in [0.25, 0.3) is 0 Å². The van der Waals surface area contributed by atoms with Crippen molar-refractivity contribution in [3.8, 4) is 17.1 Å². The smallest absolute Gasteiger partial charge is 0.234 e. The molecule has 5 rings (SSSR count). The van der Waals surface area contributed by atoms with Crippen LogP contribution in [0, 0.1) is 0 Å². The molecule has 3 aromatic heterocycles. The summed E-state index contributed by atoms with van der Waals surface area (Å²) >= 11 is 1.33. The van der Waals surface area contributed by atoms with Crippen molar-refractivity contribution in [3.05, 3.63) is 91.4 Å². The highest BCUT2D eigenvalue weighted by Crippen LogP contribution is 2.28. The number of rotatable bonds is 6. The Morgan fingerprint density at radius 1 is 0.906 bits per heavy atom. The zero-order chi connectivity index (χ0) is 21.8. The molecule has 3 heterocycles. The number of pyridine rings is 2. The third kappa shape index (κ3) is 4.08. The van der Waals surface area contributed by atoms with Crippen LogP contribution in [0.3, 0.4) is 0 Å². The Kier molecular flexibility index (Phi) is 5.59. The Hall–Kier alpha value is -4.04. The fraction of sp³-hybridized carbons (Fsp3) is 0.0417. The minimum atomic E-state index is -0.128. The van der Waals surface area contributed by atoms with Crippen LogP contribution in [0.5, 0.6) is 0 Å². The maximum absolute atomic E-state index is 12.7. The Balaban J connectivity index is 1.40. The molecule has 0 spiro atoms. The van der Waals surface area contributed by atoms with Crippen LogP contribution in [-0.4, -0.2) is 36.4 Å². The first-order valence-electron chi connectivity index (χ1n) is 9.97. The third-order valence-electron chi connectivity index (χ3n) is 4.82. The monoisotopic (exact) mass is 438 g/mol. The molecule has 156 valence electrons. The maximum Gasteiger partial charge on any atom is 0.234 e. The Morgan fingerprint density at radius 3 is 2.62 bits per heavy atom. The molecule has 0 saturated heterocycles. The predicted octanol–water partition coefficient (Wildman–Crippen LogP) is 4.61. The first-order valence-corrected chi connectivity index (χ1v) is 11.0. The molecular formula is C24H18N6OS. The van der Waals surface area contributed by atoms with Crippen LogP contribution in [-0.2, 0) is 4.79 Å². The fourth-order valence-electron chi connectivity index (χ4n) is 3.38. The van der Waals surface area contributed by atoms with E-state index >= 15 is 0 Å². The van der Waals surface area contributed by atoms with E-state index in [2.05, 4.69) is 25.5 Å². The van der Waals surface area contributed by atoms with Gasteiger partial charge in [0.1, 0.15) is 0 Å². The number of nitrogens with zero attached hydrogens (tertiary/aromatic N) is 5. The molecule has 0 aliphatic rings. The van der Waals surface area contributed by atoms with Crippen molar-refractivity contribution in [2.24, 2.45) is 0 Å². The standard InChI is InChI=1S/C24H18N6OS/c31-22(27-21-12-4-11-20-19(21)10-6-14-26-20)16-32-24-29-28-23(17-7-5-13-25-15-17)30(24)18-8-2-1-3-9-18/h1-15H,16H2,(H,27,31). The van der Waals surface area contributed by atoms with E-state index in [0.717, 1.165) is 27.8 Å². The average Bonchev–Trinajstić information content (AvgIpc) is 3.28. The number of fused-ring (bicyclic) bond motifs is 1. The molecule has 2 aromatic carbocycles. The van der Waals surface area contributed by atoms with Crippen molar-refractivity contribution < 1.29 is 4.79 Å². The lowest BCUT2D eigenvalue weighted by Gasteiger charge is -2.11. The van der Waals surface area contributed by atoms with Crippen LogP contribution in [0.1, 0.15) is 0 Å². The number of aromatic nitrogens is 5. The van der Waals surface area contributed by atoms with Gasteiger partial charge in [-0.05, 0) is 48.5 Å². The van der Waals surface area contributed by atoms with Crippen LogP contribution in [0.15, 0.2) is 96.5 Å². The second kappa shape index (κ2) is 8.99. The first-order chi connectivity index (χ1) is 15.8. The summed E-state index contributed by atoms with van der Waals surface area (Å²) < 4.78 is 1.94. The lowest BCUT2D eigenvalue weighted by atomic mass is 10.2. The molecule has 0 saturated carbocycles. The Bertz CT molecular complexity index is 1370. The van der Waals surface area contributed by atoms with Crippen molar-refractivity contribution in [2.45, 2.75) is 5.16 Å². The van der Waals surface area contributed by atoms with Gasteiger partial charge in [-0.25, -0.2) is 0 Å². The molecule has 1 N–H and O–H groups in total. The number of nitrogens with one attached hydrogen (secondary N) is 1. The predicted molar refractivity (Wildman–Crippen MR) is 126 cm³/mol. The summed E-state index contributed by atoms with van der Waals surface area (Å²) in [6.07, 6.45) is 5.20. The number of carbonyl (C=O) groups excluding carboxylic acids is 1. The van der Waals surface area contributed by atoms with Crippen molar-refractivity contribution in [1.82, 2.24) is 24.7 Å². The molecule has 32 heavy (non-hydrogen) atoms. The van der Waals surface area contributed by atoms with Crippen molar-refractivity contribution in [1.29, 1.82) is 0 Å². The molecule has 0 radical (unpaired) electrons. The summed E-state index contributed by atoms with van der Waals surface area (Å²) in [5.74, 6) is 0.735. The molecule has 5 aromatic rings. The molecular weight excluding hydrogens is 420 g/mol. The van der Waals surface area contributed by atoms with Gasteiger partial charge < -0.3 is 5.32 Å². The molecule has 7 nitrogen and oxygen atoms in total. The second-order valence-corrected chi connectivity index (χ2v) is 7.87. The number of benzene rings is 2. The number of amides is 1. The third-order valence-corrected chi connectivity index (χ3v) is 5.75. The van der Waals surface area contributed by atoms with Gasteiger partial charge in [-0.2, -0.15) is 0 Å². The number of para-hydroxylation sites is 1. The summed E-state index contributed by atoms with van der Waals surface area (Å²) in [5.41, 5.74) is 3.34. The van der Waals surface area contributed by atoms with Gasteiger partial charge in [0.05, 0.1) is 17.0 Å². The minimum absolute atomic E-state index is 0.128. The summed E-state index contributed by atoms with van der Waals surface area (Å²) in [5, 5.41) is 13.3. The summed E-state index contributed by atoms with van der Waals surface area (Å²) in [6, 6.07) is 23.1. The van der Waals surface area contributed by atoms with Crippen LogP contribution in [0.25, 0.3) is 28.0 Å². The second-order valence-electron chi connectivity index (χ2n) is 6.93. The molecule has 0 aliphatic heterocycles. The highest BCUT2D eigenvalue weighted by Gasteiger charge is 2.17. The van der Waals surface area contributed by atoms with Gasteiger partial charge >= 0.3 is 0 Å². The number of carbonyl (C=O) groups is 1. The van der Waals surface area contributed by atoms with E-state index < -0.39 is 0 Å². The highest BCUT2D eigenvalue weighted by molar-refractivity contribution is 7.99. The molecule has 0 aliphatic carbocycles. The maximum atomic E-state index is 12.7. The summed E-state index contributed by atoms with van der Waals surface area (Å²) in [6.45, 7) is 0. The lowest BCUT2D eigenvalue weighted by Crippen LogP contribution is -2.15. The molecule has 0 bridgehead atoms. The topological polar surface area (TPSA) is 85.6 Å². The van der Waals surface area contributed by atoms with E-state index in [0.29, 0.717) is 11.0 Å². The first kappa shape index (κ1) is 19.9. The molecule has 0 fully saturated rings. The number of anilines is 1. The molecule has 1 amide bonds. The van der Waals surface area contributed by atoms with Crippen molar-refractivity contribution in [3.63, 3.8) is 0 Å². The fourth-order valence-corrected chi connectivity index (χ4v) is 4.14. The van der Waals surface area contributed by atoms with E-state index in [1.165, 1.54) is 11.8 Å². The largest absolute Gasteiger partial charge is 0.325 e. The molecule has 0 atom stereocenters. The van der Waals surface area contributed by atoms with Crippen LogP contribution in [0.2, 0.25) is 0 Å². The van der Waals surface area contributed by atoms with E-state index in [9.17, 15) is 4.79 Å². The van der Waals surface area contributed by atoms with Crippen molar-refractivity contribution >= 4 is 34.3 Å². The number of thioether (sulfide) groups is 1. The van der Waals surface area contributed by atoms with Crippen LogP contribution in [0.4, 0.5) is 5.69 Å². The zero-order valence-corrected chi connectivity index (χ0v) is 17.7. The SMILES string of the molecule is O=C(CSc1nnc(-c2cccnc2)n1-c1ccccc1)Nc1cccc2ncccc12. The summed E-state index contributed by atoms with van der Waals surface area (Å²) in [4.78, 5) is 21.3. The van der Waals surface area contributed by atoms with Gasteiger partial charge in [-0.15, -0.1) is 10.2 Å². The van der Waals surface area contributed by atoms with Gasteiger partial charge in [-0.1, -0.05) is 36.0 Å². The molecule has 0 unspecified atom stereocenters. The van der Waals surface area contributed by atoms with Gasteiger partial charge in [0.15, 0.2) is 11.0 Å². The Morgan fingerprint density at radius 2 is 1.78 bits per heavy atom. The van der Waals surface area contributed by atoms with Crippen molar-refractivity contribution in [2.75, 3.05) is 11.1 Å². The Labute approximate surface area is 188 Å². The average molecular weight is 439 g/mol. The van der Waals surface area contributed by atoms with Crippen LogP contribution >= 0.6 is 11.8 Å². The summed E-state index contributed by atoms with van der Waals surface area (Å²) in [7, 11) is 0. The van der Waals surface area contributed by atoms with Crippen LogP contribution < -0.4 is 5.32 Å². The quantitative estimate of drug-likeness (QED) is 0.390. The van der Waals surface area contributed by atoms with E-state index in [1.807, 2.05) is 77.4 Å². The minimum Gasteiger partial charge on any atom is -0.325 e. The van der Waals surface area contributed by atoms with Gasteiger partial charge in [0.2, 0.25) is 5.91 Å². The number of hydrogen-bond donors (Lipinski definition) is 1. The lowest BCUT2D eigenvalue weighted by molar-refractivity contribution is -0.113. The highest BCUT2D eigenvalue weighted by atomic mass is 32.2. The molecule has 8 heteroatoms. The van der Waals surface area contributed by atoms with Gasteiger partial charge in [-0.3, -0.25) is 19.3 Å². The van der Waals surface area contributed by atoms with E-state index in [4.69, 9.17) is 0 Å². The number of hydrogen-bond acceptors (Lipinski definition) is 6. The zero-order valence-electron chi connectivity index (χ0n) is 16.9. The van der Waals surface area contributed by atoms with E-state index in [-0.39, 0.29) is 11.7 Å².